The second-order valence-electron chi connectivity index (χ2n) is 5.86. The summed E-state index contributed by atoms with van der Waals surface area (Å²) in [5.74, 6) is 0.841. The first-order chi connectivity index (χ1) is 13.5. The number of rotatable bonds is 3. The standard InChI is InChI=1S/C20H12F3N5/c21-20(22,23)16-3-1-2-15(12-16)19-27-17(13-4-8-24-9-5-13)26-18(28-19)14-6-10-25-11-7-14/h1-12H. The van der Waals surface area contributed by atoms with Gasteiger partial charge in [0.2, 0.25) is 0 Å². The topological polar surface area (TPSA) is 64.5 Å². The van der Waals surface area contributed by atoms with Crippen LogP contribution in [0.3, 0.4) is 0 Å². The summed E-state index contributed by atoms with van der Waals surface area (Å²) in [6.07, 6.45) is 1.92. The van der Waals surface area contributed by atoms with Crippen molar-refractivity contribution in [2.75, 3.05) is 0 Å². The van der Waals surface area contributed by atoms with Crippen LogP contribution >= 0.6 is 0 Å². The molecule has 0 radical (unpaired) electrons. The van der Waals surface area contributed by atoms with Crippen molar-refractivity contribution in [3.8, 4) is 34.2 Å². The van der Waals surface area contributed by atoms with Crippen LogP contribution < -0.4 is 0 Å². The Morgan fingerprint density at radius 2 is 1.04 bits per heavy atom. The Kier molecular flexibility index (Phi) is 4.52. The van der Waals surface area contributed by atoms with E-state index in [1.54, 1.807) is 49.1 Å². The fourth-order valence-corrected chi connectivity index (χ4v) is 2.60. The molecule has 4 rings (SSSR count). The highest BCUT2D eigenvalue weighted by Crippen LogP contribution is 2.32. The molecule has 28 heavy (non-hydrogen) atoms. The molecule has 3 aromatic heterocycles. The zero-order valence-corrected chi connectivity index (χ0v) is 14.3. The second-order valence-corrected chi connectivity index (χ2v) is 5.86. The number of alkyl halides is 3. The minimum Gasteiger partial charge on any atom is -0.265 e. The van der Waals surface area contributed by atoms with Gasteiger partial charge in [0.05, 0.1) is 5.56 Å². The summed E-state index contributed by atoms with van der Waals surface area (Å²) in [6, 6.07) is 11.8. The van der Waals surface area contributed by atoms with E-state index < -0.39 is 11.7 Å². The van der Waals surface area contributed by atoms with Gasteiger partial charge in [-0.1, -0.05) is 12.1 Å². The van der Waals surface area contributed by atoms with Gasteiger partial charge >= 0.3 is 6.18 Å². The maximum Gasteiger partial charge on any atom is 0.416 e. The summed E-state index contributed by atoms with van der Waals surface area (Å²) in [5, 5.41) is 0. The number of benzene rings is 1. The Morgan fingerprint density at radius 1 is 0.571 bits per heavy atom. The van der Waals surface area contributed by atoms with Crippen LogP contribution in [0.1, 0.15) is 5.56 Å². The molecule has 1 aromatic carbocycles. The molecule has 0 aliphatic rings. The maximum atomic E-state index is 13.1. The van der Waals surface area contributed by atoms with Crippen molar-refractivity contribution in [1.82, 2.24) is 24.9 Å². The molecule has 3 heterocycles. The fourth-order valence-electron chi connectivity index (χ4n) is 2.60. The van der Waals surface area contributed by atoms with Gasteiger partial charge in [-0.15, -0.1) is 0 Å². The second kappa shape index (κ2) is 7.15. The Balaban J connectivity index is 1.90. The summed E-state index contributed by atoms with van der Waals surface area (Å²) >= 11 is 0. The zero-order chi connectivity index (χ0) is 19.6. The van der Waals surface area contributed by atoms with Crippen molar-refractivity contribution >= 4 is 0 Å². The molecule has 0 fully saturated rings. The van der Waals surface area contributed by atoms with Crippen LogP contribution in [-0.4, -0.2) is 24.9 Å². The van der Waals surface area contributed by atoms with Crippen molar-refractivity contribution in [3.05, 3.63) is 78.9 Å². The molecular weight excluding hydrogens is 367 g/mol. The lowest BCUT2D eigenvalue weighted by atomic mass is 10.1. The van der Waals surface area contributed by atoms with Gasteiger partial charge in [-0.25, -0.2) is 15.0 Å². The van der Waals surface area contributed by atoms with Crippen molar-refractivity contribution < 1.29 is 13.2 Å². The molecule has 0 spiro atoms. The average Bonchev–Trinajstić information content (AvgIpc) is 2.74. The smallest absolute Gasteiger partial charge is 0.265 e. The minimum absolute atomic E-state index is 0.153. The van der Waals surface area contributed by atoms with Crippen LogP contribution in [0.4, 0.5) is 13.2 Å². The normalized spacial score (nSPS) is 11.4. The molecule has 0 bridgehead atoms. The molecule has 0 atom stereocenters. The third-order valence-corrected chi connectivity index (χ3v) is 3.96. The lowest BCUT2D eigenvalue weighted by Gasteiger charge is -2.10. The SMILES string of the molecule is FC(F)(F)c1cccc(-c2nc(-c3ccncc3)nc(-c3ccncc3)n2)c1. The lowest BCUT2D eigenvalue weighted by molar-refractivity contribution is -0.137. The summed E-state index contributed by atoms with van der Waals surface area (Å²) in [6.45, 7) is 0. The van der Waals surface area contributed by atoms with Crippen molar-refractivity contribution in [2.45, 2.75) is 6.18 Å². The van der Waals surface area contributed by atoms with Gasteiger partial charge in [-0.2, -0.15) is 13.2 Å². The highest BCUT2D eigenvalue weighted by atomic mass is 19.4. The zero-order valence-electron chi connectivity index (χ0n) is 14.3. The Labute approximate surface area is 158 Å². The first-order valence-electron chi connectivity index (χ1n) is 8.25. The van der Waals surface area contributed by atoms with E-state index in [4.69, 9.17) is 0 Å². The lowest BCUT2D eigenvalue weighted by Crippen LogP contribution is -2.05. The molecule has 0 unspecified atom stereocenters. The Hall–Kier alpha value is -3.68. The maximum absolute atomic E-state index is 13.1. The average molecular weight is 379 g/mol. The summed E-state index contributed by atoms with van der Waals surface area (Å²) in [4.78, 5) is 21.2. The first kappa shape index (κ1) is 17.7. The van der Waals surface area contributed by atoms with Crippen molar-refractivity contribution in [2.24, 2.45) is 0 Å². The highest BCUT2D eigenvalue weighted by Gasteiger charge is 2.30. The van der Waals surface area contributed by atoms with E-state index in [0.717, 1.165) is 12.1 Å². The van der Waals surface area contributed by atoms with Gasteiger partial charge in [0.15, 0.2) is 17.5 Å². The molecule has 4 aromatic rings. The molecule has 0 saturated carbocycles. The molecule has 0 aliphatic carbocycles. The fraction of sp³-hybridized carbons (Fsp3) is 0.0500. The Bertz CT molecular complexity index is 1040. The molecule has 138 valence electrons. The third-order valence-electron chi connectivity index (χ3n) is 3.96. The predicted octanol–water partition coefficient (Wildman–Crippen LogP) is 4.68. The number of hydrogen-bond acceptors (Lipinski definition) is 5. The molecule has 0 N–H and O–H groups in total. The van der Waals surface area contributed by atoms with Crippen LogP contribution in [-0.2, 0) is 6.18 Å². The van der Waals surface area contributed by atoms with E-state index >= 15 is 0 Å². The van der Waals surface area contributed by atoms with Crippen LogP contribution in [0.25, 0.3) is 34.2 Å². The van der Waals surface area contributed by atoms with Gasteiger partial charge < -0.3 is 0 Å². The van der Waals surface area contributed by atoms with Crippen molar-refractivity contribution in [1.29, 1.82) is 0 Å². The highest BCUT2D eigenvalue weighted by molar-refractivity contribution is 5.66. The van der Waals surface area contributed by atoms with Crippen molar-refractivity contribution in [3.63, 3.8) is 0 Å². The van der Waals surface area contributed by atoms with E-state index in [0.29, 0.717) is 22.8 Å². The predicted molar refractivity (Wildman–Crippen MR) is 96.7 cm³/mol. The van der Waals surface area contributed by atoms with Crippen LogP contribution in [0.15, 0.2) is 73.3 Å². The van der Waals surface area contributed by atoms with Crippen LogP contribution in [0.2, 0.25) is 0 Å². The molecule has 0 aliphatic heterocycles. The van der Waals surface area contributed by atoms with Gasteiger partial charge in [0.25, 0.3) is 0 Å². The van der Waals surface area contributed by atoms with Gasteiger partial charge in [-0.05, 0) is 36.4 Å². The van der Waals surface area contributed by atoms with Gasteiger partial charge in [0.1, 0.15) is 0 Å². The van der Waals surface area contributed by atoms with Crippen LogP contribution in [0.5, 0.6) is 0 Å². The summed E-state index contributed by atoms with van der Waals surface area (Å²) < 4.78 is 39.3. The summed E-state index contributed by atoms with van der Waals surface area (Å²) in [5.41, 5.74) is 0.853. The molecule has 0 amide bonds. The molecule has 5 nitrogen and oxygen atoms in total. The van der Waals surface area contributed by atoms with E-state index in [2.05, 4.69) is 24.9 Å². The number of pyridine rings is 2. The van der Waals surface area contributed by atoms with Gasteiger partial charge in [-0.3, -0.25) is 9.97 Å². The minimum atomic E-state index is -4.45. The largest absolute Gasteiger partial charge is 0.416 e. The van der Waals surface area contributed by atoms with E-state index in [9.17, 15) is 13.2 Å². The molecular formula is C20H12F3N5. The molecule has 0 saturated heterocycles. The summed E-state index contributed by atoms with van der Waals surface area (Å²) in [7, 11) is 0. The number of halogens is 3. The number of nitrogens with zero attached hydrogens (tertiary/aromatic N) is 5. The monoisotopic (exact) mass is 379 g/mol. The first-order valence-corrected chi connectivity index (χ1v) is 8.25. The number of aromatic nitrogens is 5. The Morgan fingerprint density at radius 3 is 1.50 bits per heavy atom. The van der Waals surface area contributed by atoms with E-state index in [1.165, 1.54) is 12.1 Å². The van der Waals surface area contributed by atoms with Crippen LogP contribution in [0, 0.1) is 0 Å². The van der Waals surface area contributed by atoms with E-state index in [1.807, 2.05) is 0 Å². The van der Waals surface area contributed by atoms with E-state index in [-0.39, 0.29) is 11.4 Å². The van der Waals surface area contributed by atoms with Gasteiger partial charge in [0, 0.05) is 41.5 Å². The third kappa shape index (κ3) is 3.71. The molecule has 8 heteroatoms. The quantitative estimate of drug-likeness (QED) is 0.517. The number of hydrogen-bond donors (Lipinski definition) is 0.